The largest absolute Gasteiger partial charge is 0.466 e. The molecule has 0 unspecified atom stereocenters. The third-order valence-corrected chi connectivity index (χ3v) is 2.90. The summed E-state index contributed by atoms with van der Waals surface area (Å²) >= 11 is 0. The van der Waals surface area contributed by atoms with Gasteiger partial charge in [-0.15, -0.1) is 0 Å². The molecule has 0 atom stereocenters. The lowest BCUT2D eigenvalue weighted by Crippen LogP contribution is -2.35. The van der Waals surface area contributed by atoms with Crippen LogP contribution < -0.4 is 5.32 Å². The summed E-state index contributed by atoms with van der Waals surface area (Å²) in [6.07, 6.45) is 2.36. The number of hydrogen-bond donors (Lipinski definition) is 1. The van der Waals surface area contributed by atoms with Crippen molar-refractivity contribution in [3.8, 4) is 0 Å². The summed E-state index contributed by atoms with van der Waals surface area (Å²) in [5.41, 5.74) is 0.0495. The summed E-state index contributed by atoms with van der Waals surface area (Å²) in [4.78, 5) is 21.5. The number of carbonyl (C=O) groups excluding carboxylic acids is 2. The molecule has 1 rings (SSSR count). The molecule has 0 spiro atoms. The maximum absolute atomic E-state index is 11.6. The van der Waals surface area contributed by atoms with Gasteiger partial charge in [-0.25, -0.2) is 0 Å². The van der Waals surface area contributed by atoms with Crippen molar-refractivity contribution in [2.75, 3.05) is 26.4 Å². The van der Waals surface area contributed by atoms with E-state index in [0.717, 1.165) is 26.1 Å². The predicted molar refractivity (Wildman–Crippen MR) is 57.8 cm³/mol. The van der Waals surface area contributed by atoms with Crippen molar-refractivity contribution in [3.63, 3.8) is 0 Å². The highest BCUT2D eigenvalue weighted by Crippen LogP contribution is 2.33. The number of nitrogens with one attached hydrogen (secondary N) is 1. The first-order valence-electron chi connectivity index (χ1n) is 5.56. The first-order valence-corrected chi connectivity index (χ1v) is 5.56. The van der Waals surface area contributed by atoms with E-state index in [4.69, 9.17) is 4.74 Å². The fraction of sp³-hybridized carbons (Fsp3) is 0.818. The molecule has 16 heavy (non-hydrogen) atoms. The lowest BCUT2D eigenvalue weighted by Gasteiger charge is -2.32. The van der Waals surface area contributed by atoms with Gasteiger partial charge in [0.1, 0.15) is 6.61 Å². The van der Waals surface area contributed by atoms with Crippen LogP contribution in [0.1, 0.15) is 26.2 Å². The Morgan fingerprint density at radius 3 is 2.81 bits per heavy atom. The Morgan fingerprint density at radius 2 is 2.19 bits per heavy atom. The number of hydrogen-bond acceptors (Lipinski definition) is 4. The van der Waals surface area contributed by atoms with Crippen molar-refractivity contribution in [1.82, 2.24) is 5.32 Å². The molecule has 1 N–H and O–H groups in total. The van der Waals surface area contributed by atoms with Gasteiger partial charge in [0.2, 0.25) is 5.91 Å². The van der Waals surface area contributed by atoms with Gasteiger partial charge in [-0.2, -0.15) is 0 Å². The molecule has 0 aromatic heterocycles. The van der Waals surface area contributed by atoms with Crippen LogP contribution in [0.15, 0.2) is 0 Å². The smallest absolute Gasteiger partial charge is 0.293 e. The fourth-order valence-electron chi connectivity index (χ4n) is 1.79. The molecule has 0 aromatic carbocycles. The first kappa shape index (κ1) is 13.0. The minimum Gasteiger partial charge on any atom is -0.466 e. The van der Waals surface area contributed by atoms with E-state index in [1.54, 1.807) is 0 Å². The molecule has 0 radical (unpaired) electrons. The van der Waals surface area contributed by atoms with Crippen LogP contribution in [-0.2, 0) is 19.1 Å². The van der Waals surface area contributed by atoms with Crippen molar-refractivity contribution in [2.45, 2.75) is 26.2 Å². The quantitative estimate of drug-likeness (QED) is 0.531. The molecule has 0 aliphatic carbocycles. The van der Waals surface area contributed by atoms with Gasteiger partial charge in [0.25, 0.3) is 6.47 Å². The van der Waals surface area contributed by atoms with Crippen LogP contribution in [0.5, 0.6) is 0 Å². The molecule has 0 saturated carbocycles. The highest BCUT2D eigenvalue weighted by Gasteiger charge is 2.29. The Balaban J connectivity index is 2.19. The molecule has 1 saturated heterocycles. The van der Waals surface area contributed by atoms with Gasteiger partial charge >= 0.3 is 0 Å². The lowest BCUT2D eigenvalue weighted by atomic mass is 9.79. The van der Waals surface area contributed by atoms with E-state index in [1.165, 1.54) is 0 Å². The van der Waals surface area contributed by atoms with E-state index in [9.17, 15) is 9.59 Å². The second-order valence-electron chi connectivity index (χ2n) is 4.42. The molecule has 5 heteroatoms. The molecular weight excluding hydrogens is 210 g/mol. The average Bonchev–Trinajstić information content (AvgIpc) is 2.25. The van der Waals surface area contributed by atoms with Crippen LogP contribution >= 0.6 is 0 Å². The maximum atomic E-state index is 11.6. The molecule has 1 heterocycles. The summed E-state index contributed by atoms with van der Waals surface area (Å²) in [7, 11) is 0. The lowest BCUT2D eigenvalue weighted by molar-refractivity contribution is -0.130. The van der Waals surface area contributed by atoms with Crippen LogP contribution in [-0.4, -0.2) is 38.7 Å². The van der Waals surface area contributed by atoms with E-state index in [2.05, 4.69) is 17.0 Å². The Morgan fingerprint density at radius 1 is 1.50 bits per heavy atom. The standard InChI is InChI=1S/C11H19NO4/c1-11(2-5-15-6-3-11)8-10(14)12-4-7-16-9-13/h9H,2-8H2,1H3,(H,12,14). The predicted octanol–water partition coefficient (Wildman–Crippen LogP) is 0.482. The van der Waals surface area contributed by atoms with Gasteiger partial charge in [0.15, 0.2) is 0 Å². The van der Waals surface area contributed by atoms with Crippen LogP contribution in [0.4, 0.5) is 0 Å². The van der Waals surface area contributed by atoms with Gasteiger partial charge in [-0.05, 0) is 18.3 Å². The second kappa shape index (κ2) is 6.48. The topological polar surface area (TPSA) is 64.6 Å². The monoisotopic (exact) mass is 229 g/mol. The normalized spacial score (nSPS) is 18.8. The van der Waals surface area contributed by atoms with Crippen LogP contribution in [0.3, 0.4) is 0 Å². The zero-order valence-electron chi connectivity index (χ0n) is 9.66. The van der Waals surface area contributed by atoms with Crippen molar-refractivity contribution < 1.29 is 19.1 Å². The summed E-state index contributed by atoms with van der Waals surface area (Å²) in [6, 6.07) is 0. The maximum Gasteiger partial charge on any atom is 0.293 e. The van der Waals surface area contributed by atoms with Crippen molar-refractivity contribution in [3.05, 3.63) is 0 Å². The van der Waals surface area contributed by atoms with Gasteiger partial charge in [0, 0.05) is 19.6 Å². The molecule has 1 aliphatic rings. The Hall–Kier alpha value is -1.10. The molecular formula is C11H19NO4. The van der Waals surface area contributed by atoms with Gasteiger partial charge in [-0.3, -0.25) is 9.59 Å². The fourth-order valence-corrected chi connectivity index (χ4v) is 1.79. The molecule has 5 nitrogen and oxygen atoms in total. The summed E-state index contributed by atoms with van der Waals surface area (Å²) in [5, 5.41) is 2.73. The molecule has 1 fully saturated rings. The van der Waals surface area contributed by atoms with Gasteiger partial charge in [0.05, 0.1) is 6.54 Å². The minimum atomic E-state index is 0.0129. The number of ether oxygens (including phenoxy) is 2. The van der Waals surface area contributed by atoms with Crippen molar-refractivity contribution >= 4 is 12.4 Å². The van der Waals surface area contributed by atoms with Gasteiger partial charge < -0.3 is 14.8 Å². The zero-order valence-corrected chi connectivity index (χ0v) is 9.66. The van der Waals surface area contributed by atoms with E-state index in [1.807, 2.05) is 0 Å². The molecule has 92 valence electrons. The molecule has 1 aliphatic heterocycles. The van der Waals surface area contributed by atoms with Crippen LogP contribution in [0.2, 0.25) is 0 Å². The van der Waals surface area contributed by atoms with E-state index in [0.29, 0.717) is 19.4 Å². The van der Waals surface area contributed by atoms with Crippen LogP contribution in [0, 0.1) is 5.41 Å². The summed E-state index contributed by atoms with van der Waals surface area (Å²) < 4.78 is 9.75. The average molecular weight is 229 g/mol. The first-order chi connectivity index (χ1) is 7.66. The van der Waals surface area contributed by atoms with Crippen molar-refractivity contribution in [2.24, 2.45) is 5.41 Å². The summed E-state index contributed by atoms with van der Waals surface area (Å²) in [5.74, 6) is 0.0129. The summed E-state index contributed by atoms with van der Waals surface area (Å²) in [6.45, 7) is 4.57. The number of amides is 1. The second-order valence-corrected chi connectivity index (χ2v) is 4.42. The number of rotatable bonds is 6. The Bertz CT molecular complexity index is 236. The zero-order chi connectivity index (χ0) is 11.9. The molecule has 1 amide bonds. The SMILES string of the molecule is CC1(CC(=O)NCCOC=O)CCOCC1. The van der Waals surface area contributed by atoms with E-state index in [-0.39, 0.29) is 17.9 Å². The minimum absolute atomic E-state index is 0.0129. The Kier molecular flexibility index (Phi) is 5.25. The highest BCUT2D eigenvalue weighted by molar-refractivity contribution is 5.76. The van der Waals surface area contributed by atoms with E-state index >= 15 is 0 Å². The Labute approximate surface area is 95.5 Å². The molecule has 0 aromatic rings. The van der Waals surface area contributed by atoms with Crippen LogP contribution in [0.25, 0.3) is 0 Å². The van der Waals surface area contributed by atoms with E-state index < -0.39 is 0 Å². The third kappa shape index (κ3) is 4.61. The van der Waals surface area contributed by atoms with Gasteiger partial charge in [-0.1, -0.05) is 6.92 Å². The van der Waals surface area contributed by atoms with Crippen molar-refractivity contribution in [1.29, 1.82) is 0 Å². The third-order valence-electron chi connectivity index (χ3n) is 2.90. The molecule has 0 bridgehead atoms. The highest BCUT2D eigenvalue weighted by atomic mass is 16.5. The number of carbonyl (C=O) groups is 2.